The number of anilines is 1. The van der Waals surface area contributed by atoms with Crippen LogP contribution in [-0.4, -0.2) is 28.7 Å². The maximum absolute atomic E-state index is 14.0. The quantitative estimate of drug-likeness (QED) is 0.568. The second-order valence-corrected chi connectivity index (χ2v) is 4.00. The van der Waals surface area contributed by atoms with Crippen LogP contribution >= 0.6 is 0 Å². The monoisotopic (exact) mass is 285 g/mol. The summed E-state index contributed by atoms with van der Waals surface area (Å²) < 4.78 is 76.8. The molecular weight excluding hydrogens is 265 g/mol. The third kappa shape index (κ3) is 1.82. The Morgan fingerprint density at radius 2 is 2.20 bits per heavy atom. The Labute approximate surface area is 125 Å². The first-order valence-corrected chi connectivity index (χ1v) is 5.37. The van der Waals surface area contributed by atoms with Crippen molar-refractivity contribution in [2.75, 3.05) is 5.73 Å². The first kappa shape index (κ1) is 6.34. The molecule has 2 aliphatic heterocycles. The normalized spacial score (nSPS) is 35.4. The van der Waals surface area contributed by atoms with Crippen LogP contribution in [0.4, 0.5) is 10.1 Å². The van der Waals surface area contributed by atoms with Crippen LogP contribution in [0, 0.1) is 5.82 Å². The molecule has 1 aromatic rings. The third-order valence-corrected chi connectivity index (χ3v) is 2.73. The van der Waals surface area contributed by atoms with Crippen LogP contribution < -0.4 is 11.1 Å². The Hall–Kier alpha value is -2.44. The molecule has 1 aromatic carbocycles. The van der Waals surface area contributed by atoms with Gasteiger partial charge in [-0.1, -0.05) is 0 Å². The van der Waals surface area contributed by atoms with E-state index in [0.717, 1.165) is 0 Å². The summed E-state index contributed by atoms with van der Waals surface area (Å²) in [6.45, 7) is -3.10. The summed E-state index contributed by atoms with van der Waals surface area (Å²) in [6.07, 6.45) is -6.70. The number of carbonyl (C=O) groups excluding carboxylic acids is 3. The van der Waals surface area contributed by atoms with Crippen LogP contribution in [0.3, 0.4) is 0 Å². The third-order valence-electron chi connectivity index (χ3n) is 2.73. The molecule has 7 heteroatoms. The fourth-order valence-corrected chi connectivity index (χ4v) is 1.86. The maximum atomic E-state index is 14.0. The minimum Gasteiger partial charge on any atom is -0.398 e. The Kier molecular flexibility index (Phi) is 1.36. The number of nitrogen functional groups attached to an aromatic ring is 1. The number of nitrogens with two attached hydrogens (primary N) is 1. The molecule has 1 fully saturated rings. The van der Waals surface area contributed by atoms with Gasteiger partial charge in [0.05, 0.1) is 5.48 Å². The number of carbonyl (C=O) groups is 3. The molecule has 0 aromatic heterocycles. The van der Waals surface area contributed by atoms with Crippen LogP contribution in [-0.2, 0) is 16.1 Å². The van der Waals surface area contributed by atoms with Gasteiger partial charge in [-0.3, -0.25) is 19.7 Å². The van der Waals surface area contributed by atoms with Gasteiger partial charge >= 0.3 is 0 Å². The van der Waals surface area contributed by atoms with Crippen molar-refractivity contribution >= 4 is 23.4 Å². The molecule has 3 rings (SSSR count). The van der Waals surface area contributed by atoms with Gasteiger partial charge in [0.2, 0.25) is 11.8 Å². The molecule has 2 aliphatic rings. The SMILES string of the molecule is [2H]c1c(N)c2c(c([2H])c1F)C(=O)N([C@H]1C(=O)NC(=O)C([2H])([2H])C1([2H])[2H])C2([2H])[2H]. The highest BCUT2D eigenvalue weighted by molar-refractivity contribution is 6.06. The summed E-state index contributed by atoms with van der Waals surface area (Å²) in [5, 5.41) is 1.55. The van der Waals surface area contributed by atoms with E-state index in [2.05, 4.69) is 0 Å². The number of halogens is 1. The molecule has 0 saturated carbocycles. The summed E-state index contributed by atoms with van der Waals surface area (Å²) in [5.74, 6) is -6.11. The van der Waals surface area contributed by atoms with Crippen LogP contribution in [0.2, 0.25) is 0 Å². The van der Waals surface area contributed by atoms with Crippen LogP contribution in [0.25, 0.3) is 0 Å². The van der Waals surface area contributed by atoms with Crippen LogP contribution in [0.1, 0.15) is 39.6 Å². The molecule has 3 N–H and O–H groups in total. The standard InChI is InChI=1S/C13H12FN3O3/c14-6-3-7-8(9(15)4-6)5-17(13(7)20)10-1-2-11(18)16-12(10)19/h3-4,10H,1-2,5,15H2,(H,16,18,19)/t10-/m1/s1/i1D2,2D2,3D,4D,5D2. The first-order chi connectivity index (χ1) is 12.6. The first-order valence-electron chi connectivity index (χ1n) is 9.37. The summed E-state index contributed by atoms with van der Waals surface area (Å²) in [6, 6.07) is -4.70. The molecule has 20 heavy (non-hydrogen) atoms. The van der Waals surface area contributed by atoms with Crippen molar-refractivity contribution < 1.29 is 29.7 Å². The van der Waals surface area contributed by atoms with Gasteiger partial charge in [0.25, 0.3) is 5.91 Å². The molecule has 1 saturated heterocycles. The fraction of sp³-hybridized carbons (Fsp3) is 0.308. The van der Waals surface area contributed by atoms with Gasteiger partial charge in [-0.05, 0) is 18.5 Å². The number of rotatable bonds is 1. The number of nitrogens with zero attached hydrogens (tertiary/aromatic N) is 1. The van der Waals surface area contributed by atoms with Gasteiger partial charge in [-0.2, -0.15) is 0 Å². The lowest BCUT2D eigenvalue weighted by Gasteiger charge is -2.29. The van der Waals surface area contributed by atoms with E-state index in [4.69, 9.17) is 16.7 Å². The lowest BCUT2D eigenvalue weighted by molar-refractivity contribution is -0.136. The molecule has 0 aliphatic carbocycles. The molecule has 0 unspecified atom stereocenters. The molecule has 6 nitrogen and oxygen atoms in total. The average molecular weight is 285 g/mol. The summed E-state index contributed by atoms with van der Waals surface area (Å²) in [4.78, 5) is 36.8. The van der Waals surface area contributed by atoms with Crippen LogP contribution in [0.15, 0.2) is 12.1 Å². The molecule has 2 heterocycles. The fourth-order valence-electron chi connectivity index (χ4n) is 1.86. The maximum Gasteiger partial charge on any atom is 0.255 e. The number of amides is 3. The van der Waals surface area contributed by atoms with E-state index in [-0.39, 0.29) is 4.90 Å². The predicted octanol–water partition coefficient (Wildman–Crippen LogP) is 0.169. The molecular formula is C13H12FN3O3. The molecule has 3 amide bonds. The number of hydrogen-bond donors (Lipinski definition) is 2. The highest BCUT2D eigenvalue weighted by Crippen LogP contribution is 2.31. The number of nitrogens with one attached hydrogen (secondary N) is 1. The second kappa shape index (κ2) is 4.29. The van der Waals surface area contributed by atoms with E-state index < -0.39 is 77.7 Å². The lowest BCUT2D eigenvalue weighted by Crippen LogP contribution is -2.52. The largest absolute Gasteiger partial charge is 0.398 e. The smallest absolute Gasteiger partial charge is 0.255 e. The van der Waals surface area contributed by atoms with Crippen molar-refractivity contribution in [2.45, 2.75) is 25.3 Å². The number of imide groups is 1. The van der Waals surface area contributed by atoms with Crippen molar-refractivity contribution in [1.82, 2.24) is 10.2 Å². The average Bonchev–Trinajstić information content (AvgIpc) is 2.77. The van der Waals surface area contributed by atoms with Gasteiger partial charge in [0, 0.05) is 35.2 Å². The predicted molar refractivity (Wildman–Crippen MR) is 66.9 cm³/mol. The molecule has 0 radical (unpaired) electrons. The van der Waals surface area contributed by atoms with Crippen LogP contribution in [0.5, 0.6) is 0 Å². The van der Waals surface area contributed by atoms with Crippen molar-refractivity contribution in [1.29, 1.82) is 0 Å². The van der Waals surface area contributed by atoms with E-state index in [1.807, 2.05) is 0 Å². The molecule has 0 bridgehead atoms. The van der Waals surface area contributed by atoms with Gasteiger partial charge in [-0.25, -0.2) is 4.39 Å². The Balaban J connectivity index is 2.29. The minimum absolute atomic E-state index is 0.00938. The van der Waals surface area contributed by atoms with Gasteiger partial charge in [0.1, 0.15) is 11.9 Å². The van der Waals surface area contributed by atoms with E-state index in [9.17, 15) is 18.8 Å². The van der Waals surface area contributed by atoms with Gasteiger partial charge < -0.3 is 10.6 Å². The van der Waals surface area contributed by atoms with Gasteiger partial charge in [0.15, 0.2) is 0 Å². The molecule has 0 spiro atoms. The molecule has 1 atom stereocenters. The highest BCUT2D eigenvalue weighted by Gasteiger charge is 2.39. The van der Waals surface area contributed by atoms with Crippen molar-refractivity contribution in [3.05, 3.63) is 29.0 Å². The zero-order chi connectivity index (χ0) is 21.6. The number of fused-ring (bicyclic) bond motifs is 1. The minimum atomic E-state index is -3.38. The van der Waals surface area contributed by atoms with E-state index in [0.29, 0.717) is 0 Å². The van der Waals surface area contributed by atoms with E-state index in [1.165, 1.54) is 0 Å². The Bertz CT molecular complexity index is 967. The topological polar surface area (TPSA) is 92.5 Å². The van der Waals surface area contributed by atoms with Gasteiger partial charge in [-0.15, -0.1) is 0 Å². The number of benzene rings is 1. The second-order valence-electron chi connectivity index (χ2n) is 4.00. The summed E-state index contributed by atoms with van der Waals surface area (Å²) in [5.41, 5.74) is 3.04. The number of hydrogen-bond acceptors (Lipinski definition) is 4. The summed E-state index contributed by atoms with van der Waals surface area (Å²) >= 11 is 0. The molecule has 104 valence electrons. The van der Waals surface area contributed by atoms with Crippen molar-refractivity contribution in [3.8, 4) is 0 Å². The van der Waals surface area contributed by atoms with Crippen molar-refractivity contribution in [3.63, 3.8) is 0 Å². The van der Waals surface area contributed by atoms with E-state index >= 15 is 0 Å². The summed E-state index contributed by atoms with van der Waals surface area (Å²) in [7, 11) is 0. The lowest BCUT2D eigenvalue weighted by atomic mass is 10.0. The Morgan fingerprint density at radius 1 is 1.45 bits per heavy atom. The van der Waals surface area contributed by atoms with E-state index in [1.54, 1.807) is 5.32 Å². The van der Waals surface area contributed by atoms with Crippen molar-refractivity contribution in [2.24, 2.45) is 0 Å². The number of piperidine rings is 1. The zero-order valence-corrected chi connectivity index (χ0v) is 9.70. The Morgan fingerprint density at radius 3 is 2.95 bits per heavy atom. The zero-order valence-electron chi connectivity index (χ0n) is 17.7. The highest BCUT2D eigenvalue weighted by atomic mass is 19.1.